The Hall–Kier alpha value is -2.52. The molecule has 0 amide bonds. The van der Waals surface area contributed by atoms with Gasteiger partial charge in [-0.2, -0.15) is 21.6 Å². The number of alkyl halides is 3. The van der Waals surface area contributed by atoms with Crippen molar-refractivity contribution in [3.63, 3.8) is 0 Å². The van der Waals surface area contributed by atoms with Crippen LogP contribution in [0, 0.1) is 0 Å². The minimum absolute atomic E-state index is 0.127. The molecule has 0 unspecified atom stereocenters. The molecule has 136 valence electrons. The van der Waals surface area contributed by atoms with Gasteiger partial charge in [-0.3, -0.25) is 9.29 Å². The second-order valence-electron chi connectivity index (χ2n) is 5.22. The molecule has 3 rings (SSSR count). The maximum atomic E-state index is 12.7. The molecule has 0 saturated carbocycles. The Kier molecular flexibility index (Phi) is 4.68. The van der Waals surface area contributed by atoms with E-state index in [-0.39, 0.29) is 15.9 Å². The number of hydrogen-bond donors (Lipinski definition) is 1. The molecule has 3 aromatic rings. The Morgan fingerprint density at radius 3 is 2.38 bits per heavy atom. The molecule has 1 N–H and O–H groups in total. The minimum Gasteiger partial charge on any atom is -0.289 e. The van der Waals surface area contributed by atoms with Gasteiger partial charge >= 0.3 is 6.18 Å². The fourth-order valence-electron chi connectivity index (χ4n) is 2.24. The fraction of sp³-hybridized carbons (Fsp3) is 0.0625. The molecule has 1 aromatic carbocycles. The summed E-state index contributed by atoms with van der Waals surface area (Å²) < 4.78 is 66.9. The van der Waals surface area contributed by atoms with Crippen LogP contribution in [0.4, 0.5) is 18.9 Å². The van der Waals surface area contributed by atoms with Crippen LogP contribution in [0.25, 0.3) is 5.82 Å². The number of nitrogens with zero attached hydrogens (tertiary/aromatic N) is 2. The summed E-state index contributed by atoms with van der Waals surface area (Å²) in [6.45, 7) is 0. The molecule has 0 atom stereocenters. The van der Waals surface area contributed by atoms with Crippen molar-refractivity contribution in [2.45, 2.75) is 11.2 Å². The number of pyridine rings is 1. The lowest BCUT2D eigenvalue weighted by Gasteiger charge is -2.13. The van der Waals surface area contributed by atoms with Crippen molar-refractivity contribution in [2.75, 3.05) is 4.72 Å². The van der Waals surface area contributed by atoms with E-state index in [9.17, 15) is 21.6 Å². The van der Waals surface area contributed by atoms with Crippen molar-refractivity contribution in [3.05, 3.63) is 71.5 Å². The second-order valence-corrected chi connectivity index (χ2v) is 7.25. The Morgan fingerprint density at radius 2 is 1.77 bits per heavy atom. The summed E-state index contributed by atoms with van der Waals surface area (Å²) in [7, 11) is -4.01. The van der Waals surface area contributed by atoms with Gasteiger partial charge in [0.15, 0.2) is 10.8 Å². The molecular formula is C16H11ClF3N3O2S. The molecule has 0 aliphatic heterocycles. The third-order valence-electron chi connectivity index (χ3n) is 3.39. The van der Waals surface area contributed by atoms with Gasteiger partial charge in [0.25, 0.3) is 10.0 Å². The number of sulfonamides is 1. The van der Waals surface area contributed by atoms with Crippen LogP contribution in [-0.4, -0.2) is 18.0 Å². The number of nitrogens with one attached hydrogen (secondary N) is 1. The van der Waals surface area contributed by atoms with E-state index < -0.39 is 21.8 Å². The minimum atomic E-state index is -4.60. The van der Waals surface area contributed by atoms with Crippen LogP contribution >= 0.6 is 11.6 Å². The van der Waals surface area contributed by atoms with Crippen LogP contribution in [0.5, 0.6) is 0 Å². The first-order valence-electron chi connectivity index (χ1n) is 7.17. The lowest BCUT2D eigenvalue weighted by atomic mass is 10.3. The lowest BCUT2D eigenvalue weighted by molar-refractivity contribution is -0.137. The van der Waals surface area contributed by atoms with Gasteiger partial charge in [-0.1, -0.05) is 29.8 Å². The summed E-state index contributed by atoms with van der Waals surface area (Å²) in [4.78, 5) is 3.69. The van der Waals surface area contributed by atoms with Crippen molar-refractivity contribution >= 4 is 27.3 Å². The molecule has 10 heteroatoms. The van der Waals surface area contributed by atoms with E-state index in [0.29, 0.717) is 18.0 Å². The highest BCUT2D eigenvalue weighted by Gasteiger charge is 2.32. The Balaban J connectivity index is 2.01. The Bertz CT molecular complexity index is 1030. The number of para-hydroxylation sites is 1. The molecular weight excluding hydrogens is 391 g/mol. The van der Waals surface area contributed by atoms with Crippen molar-refractivity contribution in [1.29, 1.82) is 0 Å². The molecule has 0 bridgehead atoms. The summed E-state index contributed by atoms with van der Waals surface area (Å²) in [5.41, 5.74) is -0.683. The van der Waals surface area contributed by atoms with Gasteiger partial charge in [-0.15, -0.1) is 0 Å². The standard InChI is InChI=1S/C16H11ClF3N3O2S/c17-13-9-11(16(18,19)20)10-21-15(13)23-8-4-7-14(23)26(24,25)22-12-5-2-1-3-6-12/h1-10,22H. The van der Waals surface area contributed by atoms with Crippen LogP contribution in [0.2, 0.25) is 5.02 Å². The zero-order valence-electron chi connectivity index (χ0n) is 12.9. The first-order valence-corrected chi connectivity index (χ1v) is 9.03. The maximum absolute atomic E-state index is 12.7. The van der Waals surface area contributed by atoms with Crippen LogP contribution in [0.1, 0.15) is 5.56 Å². The van der Waals surface area contributed by atoms with E-state index >= 15 is 0 Å². The zero-order chi connectivity index (χ0) is 18.9. The number of aromatic nitrogens is 2. The number of benzene rings is 1. The Labute approximate surface area is 152 Å². The molecule has 5 nitrogen and oxygen atoms in total. The van der Waals surface area contributed by atoms with Gasteiger partial charge in [-0.05, 0) is 30.3 Å². The highest BCUT2D eigenvalue weighted by molar-refractivity contribution is 7.92. The smallest absolute Gasteiger partial charge is 0.289 e. The van der Waals surface area contributed by atoms with Crippen molar-refractivity contribution < 1.29 is 21.6 Å². The highest BCUT2D eigenvalue weighted by atomic mass is 35.5. The molecule has 2 heterocycles. The van der Waals surface area contributed by atoms with E-state index in [0.717, 1.165) is 4.57 Å². The van der Waals surface area contributed by atoms with Crippen molar-refractivity contribution in [2.24, 2.45) is 0 Å². The van der Waals surface area contributed by atoms with Gasteiger partial charge in [0.1, 0.15) is 0 Å². The third kappa shape index (κ3) is 3.68. The van der Waals surface area contributed by atoms with Gasteiger partial charge in [0, 0.05) is 18.1 Å². The first kappa shape index (κ1) is 18.3. The molecule has 26 heavy (non-hydrogen) atoms. The number of halogens is 4. The molecule has 0 saturated heterocycles. The second kappa shape index (κ2) is 6.65. The quantitative estimate of drug-likeness (QED) is 0.707. The van der Waals surface area contributed by atoms with Gasteiger partial charge in [-0.25, -0.2) is 4.98 Å². The van der Waals surface area contributed by atoms with Gasteiger partial charge in [0.2, 0.25) is 0 Å². The Morgan fingerprint density at radius 1 is 1.08 bits per heavy atom. The third-order valence-corrected chi connectivity index (χ3v) is 5.06. The summed E-state index contributed by atoms with van der Waals surface area (Å²) in [6.07, 6.45) is -2.65. The molecule has 0 aliphatic carbocycles. The van der Waals surface area contributed by atoms with Crippen LogP contribution in [0.3, 0.4) is 0 Å². The van der Waals surface area contributed by atoms with Crippen LogP contribution in [0.15, 0.2) is 66.0 Å². The largest absolute Gasteiger partial charge is 0.417 e. The average Bonchev–Trinajstić information content (AvgIpc) is 3.05. The molecule has 0 aliphatic rings. The molecule has 0 fully saturated rings. The SMILES string of the molecule is O=S(=O)(Nc1ccccc1)c1cccn1-c1ncc(C(F)(F)F)cc1Cl. The van der Waals surface area contributed by atoms with Crippen molar-refractivity contribution in [3.8, 4) is 5.82 Å². The van der Waals surface area contributed by atoms with E-state index in [4.69, 9.17) is 11.6 Å². The van der Waals surface area contributed by atoms with E-state index in [1.54, 1.807) is 30.3 Å². The van der Waals surface area contributed by atoms with Crippen LogP contribution < -0.4 is 4.72 Å². The van der Waals surface area contributed by atoms with Crippen molar-refractivity contribution in [1.82, 2.24) is 9.55 Å². The molecule has 0 spiro atoms. The average molecular weight is 402 g/mol. The van der Waals surface area contributed by atoms with Crippen LogP contribution in [-0.2, 0) is 16.2 Å². The molecule has 2 aromatic heterocycles. The summed E-state index contributed by atoms with van der Waals surface area (Å²) in [6, 6.07) is 11.6. The predicted octanol–water partition coefficient (Wildman–Crippen LogP) is 4.35. The van der Waals surface area contributed by atoms with Gasteiger partial charge < -0.3 is 0 Å². The van der Waals surface area contributed by atoms with Gasteiger partial charge in [0.05, 0.1) is 10.6 Å². The first-order chi connectivity index (χ1) is 12.2. The zero-order valence-corrected chi connectivity index (χ0v) is 14.5. The normalized spacial score (nSPS) is 12.2. The monoisotopic (exact) mass is 401 g/mol. The summed E-state index contributed by atoms with van der Waals surface area (Å²) >= 11 is 5.91. The summed E-state index contributed by atoms with van der Waals surface area (Å²) in [5, 5.41) is -0.539. The number of anilines is 1. The van der Waals surface area contributed by atoms with E-state index in [2.05, 4.69) is 9.71 Å². The number of hydrogen-bond acceptors (Lipinski definition) is 3. The summed E-state index contributed by atoms with van der Waals surface area (Å²) in [5.74, 6) is -0.127. The molecule has 0 radical (unpaired) electrons. The lowest BCUT2D eigenvalue weighted by Crippen LogP contribution is -2.17. The van der Waals surface area contributed by atoms with E-state index in [1.807, 2.05) is 0 Å². The fourth-order valence-corrected chi connectivity index (χ4v) is 3.71. The topological polar surface area (TPSA) is 64.0 Å². The number of rotatable bonds is 4. The predicted molar refractivity (Wildman–Crippen MR) is 90.8 cm³/mol. The maximum Gasteiger partial charge on any atom is 0.417 e. The van der Waals surface area contributed by atoms with E-state index in [1.165, 1.54) is 18.3 Å². The highest BCUT2D eigenvalue weighted by Crippen LogP contribution is 2.32.